The van der Waals surface area contributed by atoms with Gasteiger partial charge >= 0.3 is 0 Å². The van der Waals surface area contributed by atoms with E-state index in [0.717, 1.165) is 12.0 Å². The molecule has 2 N–H and O–H groups in total. The zero-order chi connectivity index (χ0) is 20.4. The molecule has 0 radical (unpaired) electrons. The van der Waals surface area contributed by atoms with Crippen molar-refractivity contribution in [3.05, 3.63) is 65.0 Å². The maximum absolute atomic E-state index is 13.6. The van der Waals surface area contributed by atoms with Crippen molar-refractivity contribution in [3.8, 4) is 0 Å². The highest BCUT2D eigenvalue weighted by atomic mass is 32.2. The highest BCUT2D eigenvalue weighted by Crippen LogP contribution is 2.44. The lowest BCUT2D eigenvalue weighted by Gasteiger charge is -2.40. The van der Waals surface area contributed by atoms with E-state index >= 15 is 0 Å². The number of nitrogens with one attached hydrogen (secondary N) is 2. The molecule has 0 bridgehead atoms. The molecule has 1 aliphatic carbocycles. The Kier molecular flexibility index (Phi) is 5.86. The van der Waals surface area contributed by atoms with Crippen molar-refractivity contribution in [3.63, 3.8) is 0 Å². The first-order chi connectivity index (χ1) is 13.2. The highest BCUT2D eigenvalue weighted by Gasteiger charge is 2.45. The molecule has 0 unspecified atom stereocenters. The topological polar surface area (TPSA) is 75.3 Å². The van der Waals surface area contributed by atoms with Crippen molar-refractivity contribution < 1.29 is 17.6 Å². The summed E-state index contributed by atoms with van der Waals surface area (Å²) in [5.74, 6) is -0.548. The fourth-order valence-corrected chi connectivity index (χ4v) is 4.93. The average molecular weight is 405 g/mol. The molecule has 28 heavy (non-hydrogen) atoms. The third-order valence-electron chi connectivity index (χ3n) is 5.35. The van der Waals surface area contributed by atoms with Crippen LogP contribution in [0.5, 0.6) is 0 Å². The Morgan fingerprint density at radius 2 is 1.86 bits per heavy atom. The van der Waals surface area contributed by atoms with Gasteiger partial charge in [-0.25, -0.2) is 17.5 Å². The van der Waals surface area contributed by atoms with Gasteiger partial charge in [-0.3, -0.25) is 4.79 Å². The third-order valence-corrected chi connectivity index (χ3v) is 6.96. The lowest BCUT2D eigenvalue weighted by atomic mass is 9.64. The summed E-state index contributed by atoms with van der Waals surface area (Å²) in [6, 6.07) is 11.4. The Morgan fingerprint density at radius 1 is 1.11 bits per heavy atom. The number of hydrogen-bond donors (Lipinski definition) is 2. The number of sulfonamides is 1. The van der Waals surface area contributed by atoms with Crippen LogP contribution < -0.4 is 10.0 Å². The molecule has 2 aromatic rings. The summed E-state index contributed by atoms with van der Waals surface area (Å²) in [6.45, 7) is 3.83. The predicted molar refractivity (Wildman–Crippen MR) is 106 cm³/mol. The molecule has 5 nitrogen and oxygen atoms in total. The third kappa shape index (κ3) is 4.10. The van der Waals surface area contributed by atoms with Gasteiger partial charge in [-0.15, -0.1) is 0 Å². The van der Waals surface area contributed by atoms with Crippen LogP contribution in [0.15, 0.2) is 47.4 Å². The Bertz CT molecular complexity index is 985. The molecule has 0 aliphatic heterocycles. The van der Waals surface area contributed by atoms with Crippen LogP contribution in [0, 0.1) is 19.7 Å². The zero-order valence-corrected chi connectivity index (χ0v) is 16.9. The van der Waals surface area contributed by atoms with Gasteiger partial charge in [0.2, 0.25) is 15.9 Å². The van der Waals surface area contributed by atoms with Crippen LogP contribution in [0.1, 0.15) is 36.0 Å². The quantitative estimate of drug-likeness (QED) is 0.697. The van der Waals surface area contributed by atoms with E-state index in [2.05, 4.69) is 10.0 Å². The number of hydrogen-bond acceptors (Lipinski definition) is 3. The first-order valence-corrected chi connectivity index (χ1v) is 10.8. The normalized spacial score (nSPS) is 15.7. The SMILES string of the molecule is Cc1ccc(C)c(S(=O)(=O)NCCNC(=O)C2(c3cccc(F)c3)CCC2)c1. The molecule has 0 saturated heterocycles. The van der Waals surface area contributed by atoms with Crippen molar-refractivity contribution in [1.82, 2.24) is 10.0 Å². The summed E-state index contributed by atoms with van der Waals surface area (Å²) >= 11 is 0. The Hall–Kier alpha value is -2.25. The average Bonchev–Trinajstić information content (AvgIpc) is 2.60. The Balaban J connectivity index is 1.60. The molecule has 7 heteroatoms. The van der Waals surface area contributed by atoms with Gasteiger partial charge in [0.05, 0.1) is 10.3 Å². The van der Waals surface area contributed by atoms with Gasteiger partial charge < -0.3 is 5.32 Å². The molecule has 3 rings (SSSR count). The number of halogens is 1. The van der Waals surface area contributed by atoms with Crippen molar-refractivity contribution in [2.24, 2.45) is 0 Å². The van der Waals surface area contributed by atoms with E-state index in [4.69, 9.17) is 0 Å². The molecule has 1 saturated carbocycles. The van der Waals surface area contributed by atoms with Crippen LogP contribution in [0.2, 0.25) is 0 Å². The van der Waals surface area contributed by atoms with E-state index in [9.17, 15) is 17.6 Å². The van der Waals surface area contributed by atoms with Crippen molar-refractivity contribution in [1.29, 1.82) is 0 Å². The van der Waals surface area contributed by atoms with Gasteiger partial charge in [0, 0.05) is 13.1 Å². The van der Waals surface area contributed by atoms with Crippen LogP contribution >= 0.6 is 0 Å². The fourth-order valence-electron chi connectivity index (χ4n) is 3.57. The number of benzene rings is 2. The largest absolute Gasteiger partial charge is 0.354 e. The summed E-state index contributed by atoms with van der Waals surface area (Å²) in [5, 5.41) is 2.81. The molecular formula is C21H25FN2O3S. The Labute approximate surface area is 165 Å². The molecule has 2 aromatic carbocycles. The number of carbonyl (C=O) groups is 1. The standard InChI is InChI=1S/C21H25FN2O3S/c1-15-7-8-16(2)19(13-15)28(26,27)24-12-11-23-20(25)21(9-4-10-21)17-5-3-6-18(22)14-17/h3,5-8,13-14,24H,4,9-12H2,1-2H3,(H,23,25). The minimum absolute atomic E-state index is 0.0840. The maximum atomic E-state index is 13.6. The van der Waals surface area contributed by atoms with Crippen LogP contribution in [-0.2, 0) is 20.2 Å². The van der Waals surface area contributed by atoms with Crippen molar-refractivity contribution >= 4 is 15.9 Å². The molecule has 150 valence electrons. The van der Waals surface area contributed by atoms with E-state index in [0.29, 0.717) is 24.0 Å². The van der Waals surface area contributed by atoms with Gasteiger partial charge in [-0.2, -0.15) is 0 Å². The summed E-state index contributed by atoms with van der Waals surface area (Å²) in [4.78, 5) is 13.0. The molecular weight excluding hydrogens is 379 g/mol. The molecule has 1 aliphatic rings. The van der Waals surface area contributed by atoms with Crippen LogP contribution in [-0.4, -0.2) is 27.4 Å². The summed E-state index contributed by atoms with van der Waals surface area (Å²) in [6.07, 6.45) is 2.23. The van der Waals surface area contributed by atoms with E-state index in [-0.39, 0.29) is 29.7 Å². The molecule has 0 heterocycles. The van der Waals surface area contributed by atoms with Gasteiger partial charge in [-0.1, -0.05) is 30.7 Å². The summed E-state index contributed by atoms with van der Waals surface area (Å²) < 4.78 is 41.1. The maximum Gasteiger partial charge on any atom is 0.240 e. The molecule has 1 fully saturated rings. The van der Waals surface area contributed by atoms with Gasteiger partial charge in [0.15, 0.2) is 0 Å². The van der Waals surface area contributed by atoms with Gasteiger partial charge in [-0.05, 0) is 61.6 Å². The monoisotopic (exact) mass is 404 g/mol. The Morgan fingerprint density at radius 3 is 2.50 bits per heavy atom. The van der Waals surface area contributed by atoms with Crippen molar-refractivity contribution in [2.45, 2.75) is 43.4 Å². The first-order valence-electron chi connectivity index (χ1n) is 9.36. The van der Waals surface area contributed by atoms with E-state index in [1.165, 1.54) is 12.1 Å². The van der Waals surface area contributed by atoms with Crippen LogP contribution in [0.3, 0.4) is 0 Å². The van der Waals surface area contributed by atoms with Gasteiger partial charge in [0.1, 0.15) is 5.82 Å². The predicted octanol–water partition coefficient (Wildman–Crippen LogP) is 2.96. The van der Waals surface area contributed by atoms with E-state index < -0.39 is 15.4 Å². The fraction of sp³-hybridized carbons (Fsp3) is 0.381. The number of amides is 1. The zero-order valence-electron chi connectivity index (χ0n) is 16.1. The first kappa shape index (κ1) is 20.5. The van der Waals surface area contributed by atoms with Crippen molar-refractivity contribution in [2.75, 3.05) is 13.1 Å². The van der Waals surface area contributed by atoms with Gasteiger partial charge in [0.25, 0.3) is 0 Å². The van der Waals surface area contributed by atoms with E-state index in [1.807, 2.05) is 13.0 Å². The smallest absolute Gasteiger partial charge is 0.240 e. The molecule has 1 amide bonds. The lowest BCUT2D eigenvalue weighted by Crippen LogP contribution is -2.50. The molecule has 0 atom stereocenters. The minimum atomic E-state index is -3.65. The summed E-state index contributed by atoms with van der Waals surface area (Å²) in [5.41, 5.74) is 1.49. The molecule has 0 aromatic heterocycles. The second kappa shape index (κ2) is 8.01. The number of rotatable bonds is 7. The van der Waals surface area contributed by atoms with Crippen LogP contribution in [0.4, 0.5) is 4.39 Å². The number of aryl methyl sites for hydroxylation is 2. The second-order valence-corrected chi connectivity index (χ2v) is 9.10. The second-order valence-electron chi connectivity index (χ2n) is 7.37. The number of carbonyl (C=O) groups excluding carboxylic acids is 1. The molecule has 0 spiro atoms. The minimum Gasteiger partial charge on any atom is -0.354 e. The highest BCUT2D eigenvalue weighted by molar-refractivity contribution is 7.89. The van der Waals surface area contributed by atoms with Crippen LogP contribution in [0.25, 0.3) is 0 Å². The van der Waals surface area contributed by atoms with E-state index in [1.54, 1.807) is 31.2 Å². The summed E-state index contributed by atoms with van der Waals surface area (Å²) in [7, 11) is -3.65. The lowest BCUT2D eigenvalue weighted by molar-refractivity contribution is -0.129.